The summed E-state index contributed by atoms with van der Waals surface area (Å²) >= 11 is 0. The predicted octanol–water partition coefficient (Wildman–Crippen LogP) is 5.28. The van der Waals surface area contributed by atoms with Gasteiger partial charge in [0, 0.05) is 38.2 Å². The predicted molar refractivity (Wildman–Crippen MR) is 145 cm³/mol. The van der Waals surface area contributed by atoms with Crippen molar-refractivity contribution in [2.45, 2.75) is 26.2 Å². The Hall–Kier alpha value is -4.26. The third-order valence-electron chi connectivity index (χ3n) is 6.99. The molecule has 1 amide bonds. The van der Waals surface area contributed by atoms with E-state index in [1.807, 2.05) is 47.4 Å². The van der Waals surface area contributed by atoms with Crippen LogP contribution < -0.4 is 4.90 Å². The number of carbonyl (C=O) groups is 1. The molecule has 1 aliphatic heterocycles. The van der Waals surface area contributed by atoms with Gasteiger partial charge >= 0.3 is 0 Å². The van der Waals surface area contributed by atoms with Gasteiger partial charge in [-0.25, -0.2) is 4.98 Å². The molecular weight excluding hydrogens is 462 g/mol. The van der Waals surface area contributed by atoms with Crippen molar-refractivity contribution in [2.24, 2.45) is 0 Å². The van der Waals surface area contributed by atoms with Crippen molar-refractivity contribution in [1.29, 1.82) is 0 Å². The van der Waals surface area contributed by atoms with Gasteiger partial charge in [-0.1, -0.05) is 78.8 Å². The van der Waals surface area contributed by atoms with Gasteiger partial charge in [-0.05, 0) is 28.8 Å². The summed E-state index contributed by atoms with van der Waals surface area (Å²) < 4.78 is 5.77. The van der Waals surface area contributed by atoms with Crippen molar-refractivity contribution >= 4 is 33.6 Å². The molecule has 5 aromatic rings. The molecule has 1 saturated heterocycles. The maximum atomic E-state index is 12.9. The van der Waals surface area contributed by atoms with Crippen LogP contribution in [0, 0.1) is 0 Å². The Morgan fingerprint density at radius 2 is 1.65 bits per heavy atom. The number of aromatic nitrogens is 3. The third-order valence-corrected chi connectivity index (χ3v) is 6.99. The quantitative estimate of drug-likeness (QED) is 0.322. The molecule has 1 aliphatic rings. The highest BCUT2D eigenvalue weighted by Gasteiger charge is 2.27. The average molecular weight is 492 g/mol. The molecule has 7 heteroatoms. The molecule has 0 saturated carbocycles. The molecule has 0 unspecified atom stereocenters. The van der Waals surface area contributed by atoms with Crippen molar-refractivity contribution in [2.75, 3.05) is 31.1 Å². The maximum Gasteiger partial charge on any atom is 0.263 e. The smallest absolute Gasteiger partial charge is 0.263 e. The molecule has 37 heavy (non-hydrogen) atoms. The molecule has 0 atom stereocenters. The van der Waals surface area contributed by atoms with Gasteiger partial charge in [0.2, 0.25) is 5.91 Å². The molecule has 0 aliphatic carbocycles. The van der Waals surface area contributed by atoms with Crippen LogP contribution in [0.2, 0.25) is 0 Å². The Kier molecular flexibility index (Phi) is 6.26. The lowest BCUT2D eigenvalue weighted by molar-refractivity contribution is -0.130. The van der Waals surface area contributed by atoms with Crippen LogP contribution in [-0.2, 0) is 17.6 Å². The van der Waals surface area contributed by atoms with E-state index in [4.69, 9.17) is 9.51 Å². The first-order valence-corrected chi connectivity index (χ1v) is 12.9. The number of anilines is 1. The number of rotatable bonds is 6. The Morgan fingerprint density at radius 3 is 2.43 bits per heavy atom. The molecule has 3 aromatic carbocycles. The van der Waals surface area contributed by atoms with Crippen LogP contribution >= 0.6 is 0 Å². The highest BCUT2D eigenvalue weighted by Crippen LogP contribution is 2.35. The van der Waals surface area contributed by atoms with E-state index in [1.54, 1.807) is 0 Å². The largest absolute Gasteiger partial charge is 0.352 e. The number of hydrogen-bond acceptors (Lipinski definition) is 6. The maximum absolute atomic E-state index is 12.9. The van der Waals surface area contributed by atoms with Gasteiger partial charge in [-0.3, -0.25) is 4.79 Å². The minimum Gasteiger partial charge on any atom is -0.352 e. The van der Waals surface area contributed by atoms with Crippen molar-refractivity contribution < 1.29 is 9.32 Å². The van der Waals surface area contributed by atoms with E-state index in [-0.39, 0.29) is 5.91 Å². The number of aryl methyl sites for hydroxylation is 1. The van der Waals surface area contributed by atoms with Crippen LogP contribution in [0.25, 0.3) is 33.1 Å². The summed E-state index contributed by atoms with van der Waals surface area (Å²) in [6, 6.07) is 24.5. The fraction of sp³-hybridized carbons (Fsp3) is 0.267. The molecule has 0 N–H and O–H groups in total. The number of benzene rings is 3. The van der Waals surface area contributed by atoms with Gasteiger partial charge in [-0.15, -0.1) is 0 Å². The summed E-state index contributed by atoms with van der Waals surface area (Å²) in [6.07, 6.45) is 2.14. The summed E-state index contributed by atoms with van der Waals surface area (Å²) in [6.45, 7) is 4.81. The van der Waals surface area contributed by atoms with E-state index in [9.17, 15) is 4.79 Å². The monoisotopic (exact) mass is 491 g/mol. The van der Waals surface area contributed by atoms with Crippen molar-refractivity contribution in [3.63, 3.8) is 0 Å². The van der Waals surface area contributed by atoms with Crippen LogP contribution in [0.5, 0.6) is 0 Å². The van der Waals surface area contributed by atoms with E-state index in [2.05, 4.69) is 52.3 Å². The molecule has 3 heterocycles. The standard InChI is InChI=1S/C30H29N5O2/c1-2-8-25-31-29(35-17-15-34(16-18-35)26(36)19-21-9-4-3-5-10-21)27-28(33-37-30(27)32-25)24-14-13-22-11-6-7-12-23(22)20-24/h3-7,9-14,20H,2,8,15-19H2,1H3. The molecule has 1 fully saturated rings. The van der Waals surface area contributed by atoms with Gasteiger partial charge in [-0.2, -0.15) is 4.98 Å². The van der Waals surface area contributed by atoms with Crippen LogP contribution in [0.1, 0.15) is 24.7 Å². The van der Waals surface area contributed by atoms with Crippen molar-refractivity contribution in [1.82, 2.24) is 20.0 Å². The Bertz CT molecular complexity index is 1550. The highest BCUT2D eigenvalue weighted by molar-refractivity contribution is 6.00. The molecule has 7 nitrogen and oxygen atoms in total. The van der Waals surface area contributed by atoms with Gasteiger partial charge < -0.3 is 14.3 Å². The number of fused-ring (bicyclic) bond motifs is 2. The molecule has 2 aromatic heterocycles. The molecule has 0 radical (unpaired) electrons. The second-order valence-corrected chi connectivity index (χ2v) is 9.52. The average Bonchev–Trinajstić information content (AvgIpc) is 3.37. The van der Waals surface area contributed by atoms with E-state index in [0.29, 0.717) is 38.3 Å². The van der Waals surface area contributed by atoms with E-state index < -0.39 is 0 Å². The molecule has 0 spiro atoms. The fourth-order valence-electron chi connectivity index (χ4n) is 5.03. The molecule has 0 bridgehead atoms. The van der Waals surface area contributed by atoms with Gasteiger partial charge in [0.05, 0.1) is 6.42 Å². The van der Waals surface area contributed by atoms with Crippen molar-refractivity contribution in [3.05, 3.63) is 84.2 Å². The van der Waals surface area contributed by atoms with Gasteiger partial charge in [0.1, 0.15) is 22.7 Å². The SMILES string of the molecule is CCCc1nc(N2CCN(C(=O)Cc3ccccc3)CC2)c2c(-c3ccc4ccccc4c3)noc2n1. The Morgan fingerprint density at radius 1 is 0.892 bits per heavy atom. The molecular formula is C30H29N5O2. The zero-order valence-electron chi connectivity index (χ0n) is 20.9. The number of nitrogens with zero attached hydrogens (tertiary/aromatic N) is 5. The van der Waals surface area contributed by atoms with Crippen molar-refractivity contribution in [3.8, 4) is 11.3 Å². The number of hydrogen-bond donors (Lipinski definition) is 0. The fourth-order valence-corrected chi connectivity index (χ4v) is 5.03. The van der Waals surface area contributed by atoms with Crippen LogP contribution in [0.3, 0.4) is 0 Å². The zero-order valence-corrected chi connectivity index (χ0v) is 20.9. The number of piperazine rings is 1. The molecule has 186 valence electrons. The molecule has 6 rings (SSSR count). The summed E-state index contributed by atoms with van der Waals surface area (Å²) in [7, 11) is 0. The van der Waals surface area contributed by atoms with E-state index >= 15 is 0 Å². The first-order valence-electron chi connectivity index (χ1n) is 12.9. The summed E-state index contributed by atoms with van der Waals surface area (Å²) in [5.74, 6) is 1.76. The Balaban J connectivity index is 1.31. The number of amides is 1. The van der Waals surface area contributed by atoms with Gasteiger partial charge in [0.15, 0.2) is 0 Å². The number of carbonyl (C=O) groups excluding carboxylic acids is 1. The Labute approximate surface area is 215 Å². The normalized spacial score (nSPS) is 14.0. The van der Waals surface area contributed by atoms with E-state index in [1.165, 1.54) is 5.39 Å². The highest BCUT2D eigenvalue weighted by atomic mass is 16.5. The second-order valence-electron chi connectivity index (χ2n) is 9.52. The van der Waals surface area contributed by atoms with Crippen LogP contribution in [0.15, 0.2) is 77.3 Å². The lowest BCUT2D eigenvalue weighted by Gasteiger charge is -2.35. The van der Waals surface area contributed by atoms with Crippen LogP contribution in [-0.4, -0.2) is 52.1 Å². The first kappa shape index (κ1) is 23.2. The lowest BCUT2D eigenvalue weighted by Crippen LogP contribution is -2.49. The minimum absolute atomic E-state index is 0.159. The summed E-state index contributed by atoms with van der Waals surface area (Å²) in [5.41, 5.74) is 3.28. The summed E-state index contributed by atoms with van der Waals surface area (Å²) in [4.78, 5) is 26.8. The lowest BCUT2D eigenvalue weighted by atomic mass is 10.0. The topological polar surface area (TPSA) is 75.4 Å². The first-order chi connectivity index (χ1) is 18.2. The minimum atomic E-state index is 0.159. The summed E-state index contributed by atoms with van der Waals surface area (Å²) in [5, 5.41) is 7.61. The van der Waals surface area contributed by atoms with Gasteiger partial charge in [0.25, 0.3) is 5.71 Å². The second kappa shape index (κ2) is 10.0. The zero-order chi connectivity index (χ0) is 25.2. The van der Waals surface area contributed by atoms with E-state index in [0.717, 1.165) is 52.1 Å². The van der Waals surface area contributed by atoms with Crippen LogP contribution in [0.4, 0.5) is 5.82 Å². The third kappa shape index (κ3) is 4.65.